The van der Waals surface area contributed by atoms with Gasteiger partial charge in [0.25, 0.3) is 5.69 Å². The molecule has 0 aliphatic rings. The lowest BCUT2D eigenvalue weighted by molar-refractivity contribution is -0.383. The Hall–Kier alpha value is -3.29. The third-order valence-electron chi connectivity index (χ3n) is 3.23. The van der Waals surface area contributed by atoms with E-state index in [1.54, 1.807) is 20.8 Å². The van der Waals surface area contributed by atoms with Crippen LogP contribution < -0.4 is 5.32 Å². The fourth-order valence-corrected chi connectivity index (χ4v) is 2.10. The van der Waals surface area contributed by atoms with Gasteiger partial charge in [0.1, 0.15) is 23.4 Å². The molecule has 0 aliphatic carbocycles. The number of halogens is 1. The number of hydrogen-bond acceptors (Lipinski definition) is 6. The van der Waals surface area contributed by atoms with E-state index >= 15 is 0 Å². The standard InChI is InChI=1S/C18H17FN2O5/c1-18(2,3)26-17(23)12-5-7-14(13(19)9-12)20-15-6-4-11(10-22)8-16(15)21(24)25/h4-10,20H,1-3H3. The summed E-state index contributed by atoms with van der Waals surface area (Å²) >= 11 is 0. The van der Waals surface area contributed by atoms with Crippen molar-refractivity contribution in [2.75, 3.05) is 5.32 Å². The number of carbonyl (C=O) groups is 2. The van der Waals surface area contributed by atoms with Crippen LogP contribution in [0.25, 0.3) is 0 Å². The first-order valence-electron chi connectivity index (χ1n) is 7.64. The van der Waals surface area contributed by atoms with E-state index in [1.807, 2.05) is 0 Å². The van der Waals surface area contributed by atoms with Crippen LogP contribution >= 0.6 is 0 Å². The molecule has 0 spiro atoms. The summed E-state index contributed by atoms with van der Waals surface area (Å²) in [5, 5.41) is 13.7. The highest BCUT2D eigenvalue weighted by Crippen LogP contribution is 2.30. The first kappa shape index (κ1) is 19.0. The first-order valence-corrected chi connectivity index (χ1v) is 7.64. The predicted octanol–water partition coefficient (Wildman–Crippen LogP) is 4.25. The fraction of sp³-hybridized carbons (Fsp3) is 0.222. The minimum Gasteiger partial charge on any atom is -0.456 e. The molecule has 0 heterocycles. The van der Waals surface area contributed by atoms with E-state index in [4.69, 9.17) is 4.74 Å². The second-order valence-electron chi connectivity index (χ2n) is 6.47. The van der Waals surface area contributed by atoms with E-state index in [9.17, 15) is 24.1 Å². The van der Waals surface area contributed by atoms with Crippen LogP contribution in [-0.2, 0) is 4.74 Å². The number of aldehydes is 1. The Morgan fingerprint density at radius 3 is 2.38 bits per heavy atom. The highest BCUT2D eigenvalue weighted by molar-refractivity contribution is 5.90. The summed E-state index contributed by atoms with van der Waals surface area (Å²) in [5.41, 5.74) is -0.975. The van der Waals surface area contributed by atoms with Crippen molar-refractivity contribution >= 4 is 29.3 Å². The van der Waals surface area contributed by atoms with Crippen molar-refractivity contribution in [2.24, 2.45) is 0 Å². The second-order valence-corrected chi connectivity index (χ2v) is 6.47. The summed E-state index contributed by atoms with van der Waals surface area (Å²) in [4.78, 5) is 33.2. The van der Waals surface area contributed by atoms with Crippen LogP contribution in [0.5, 0.6) is 0 Å². The van der Waals surface area contributed by atoms with Crippen LogP contribution in [0.2, 0.25) is 0 Å². The van der Waals surface area contributed by atoms with Crippen molar-refractivity contribution in [2.45, 2.75) is 26.4 Å². The van der Waals surface area contributed by atoms with E-state index in [0.29, 0.717) is 6.29 Å². The van der Waals surface area contributed by atoms with Gasteiger partial charge in [0.2, 0.25) is 0 Å². The molecule has 1 N–H and O–H groups in total. The van der Waals surface area contributed by atoms with Gasteiger partial charge in [-0.1, -0.05) is 0 Å². The number of benzene rings is 2. The van der Waals surface area contributed by atoms with E-state index in [0.717, 1.165) is 12.1 Å². The summed E-state index contributed by atoms with van der Waals surface area (Å²) in [6, 6.07) is 7.39. The Kier molecular flexibility index (Phi) is 5.35. The smallest absolute Gasteiger partial charge is 0.338 e. The van der Waals surface area contributed by atoms with Crippen molar-refractivity contribution in [3.63, 3.8) is 0 Å². The van der Waals surface area contributed by atoms with Crippen molar-refractivity contribution in [3.8, 4) is 0 Å². The maximum atomic E-state index is 14.3. The van der Waals surface area contributed by atoms with Gasteiger partial charge in [-0.3, -0.25) is 14.9 Å². The molecule has 7 nitrogen and oxygen atoms in total. The Bertz CT molecular complexity index is 874. The van der Waals surface area contributed by atoms with Gasteiger partial charge in [-0.25, -0.2) is 9.18 Å². The molecule has 0 bridgehead atoms. The molecule has 26 heavy (non-hydrogen) atoms. The lowest BCUT2D eigenvalue weighted by atomic mass is 10.1. The molecular formula is C18H17FN2O5. The number of nitrogens with one attached hydrogen (secondary N) is 1. The van der Waals surface area contributed by atoms with Gasteiger partial charge in [-0.15, -0.1) is 0 Å². The summed E-state index contributed by atoms with van der Waals surface area (Å²) in [6.07, 6.45) is 0.479. The number of ether oxygens (including phenoxy) is 1. The molecule has 0 amide bonds. The third kappa shape index (κ3) is 4.62. The third-order valence-corrected chi connectivity index (χ3v) is 3.23. The molecule has 2 aromatic carbocycles. The number of anilines is 2. The van der Waals surface area contributed by atoms with Gasteiger partial charge in [-0.2, -0.15) is 0 Å². The first-order chi connectivity index (χ1) is 12.1. The van der Waals surface area contributed by atoms with Crippen LogP contribution in [0, 0.1) is 15.9 Å². The zero-order valence-corrected chi connectivity index (χ0v) is 14.4. The molecule has 0 aromatic heterocycles. The molecule has 0 saturated carbocycles. The van der Waals surface area contributed by atoms with Crippen LogP contribution in [0.3, 0.4) is 0 Å². The highest BCUT2D eigenvalue weighted by atomic mass is 19.1. The monoisotopic (exact) mass is 360 g/mol. The molecule has 2 rings (SSSR count). The maximum Gasteiger partial charge on any atom is 0.338 e. The molecule has 2 aromatic rings. The molecule has 0 atom stereocenters. The van der Waals surface area contributed by atoms with Gasteiger partial charge in [-0.05, 0) is 51.1 Å². The number of nitro benzene ring substituents is 1. The molecule has 0 fully saturated rings. The zero-order valence-electron chi connectivity index (χ0n) is 14.4. The van der Waals surface area contributed by atoms with Crippen molar-refractivity contribution in [1.29, 1.82) is 0 Å². The fourth-order valence-electron chi connectivity index (χ4n) is 2.10. The minimum atomic E-state index is -0.776. The number of rotatable bonds is 5. The van der Waals surface area contributed by atoms with Gasteiger partial charge in [0.15, 0.2) is 0 Å². The molecule has 136 valence electrons. The Labute approximate surface area is 148 Å². The Morgan fingerprint density at radius 1 is 1.19 bits per heavy atom. The van der Waals surface area contributed by atoms with E-state index in [-0.39, 0.29) is 28.2 Å². The van der Waals surface area contributed by atoms with Gasteiger partial charge < -0.3 is 10.1 Å². The van der Waals surface area contributed by atoms with Crippen molar-refractivity contribution in [3.05, 3.63) is 63.5 Å². The van der Waals surface area contributed by atoms with Crippen LogP contribution in [-0.4, -0.2) is 22.8 Å². The molecule has 0 saturated heterocycles. The summed E-state index contributed by atoms with van der Waals surface area (Å²) < 4.78 is 19.5. The van der Waals surface area contributed by atoms with Gasteiger partial charge in [0, 0.05) is 11.6 Å². The highest BCUT2D eigenvalue weighted by Gasteiger charge is 2.20. The van der Waals surface area contributed by atoms with E-state index in [2.05, 4.69) is 5.32 Å². The van der Waals surface area contributed by atoms with E-state index < -0.39 is 22.3 Å². The normalized spacial score (nSPS) is 10.9. The second kappa shape index (κ2) is 7.30. The lowest BCUT2D eigenvalue weighted by Gasteiger charge is -2.19. The Balaban J connectivity index is 2.30. The number of nitrogens with zero attached hydrogens (tertiary/aromatic N) is 1. The summed E-state index contributed by atoms with van der Waals surface area (Å²) in [5.74, 6) is -1.45. The molecule has 0 aliphatic heterocycles. The van der Waals surface area contributed by atoms with Crippen molar-refractivity contribution < 1.29 is 23.6 Å². The molecule has 8 heteroatoms. The largest absolute Gasteiger partial charge is 0.456 e. The van der Waals surface area contributed by atoms with Gasteiger partial charge >= 0.3 is 5.97 Å². The van der Waals surface area contributed by atoms with Gasteiger partial charge in [0.05, 0.1) is 16.2 Å². The topological polar surface area (TPSA) is 98.5 Å². The SMILES string of the molecule is CC(C)(C)OC(=O)c1ccc(Nc2ccc(C=O)cc2[N+](=O)[O-])c(F)c1. The summed E-state index contributed by atoms with van der Waals surface area (Å²) in [7, 11) is 0. The van der Waals surface area contributed by atoms with E-state index in [1.165, 1.54) is 24.3 Å². The van der Waals surface area contributed by atoms with Crippen molar-refractivity contribution in [1.82, 2.24) is 0 Å². The summed E-state index contributed by atoms with van der Waals surface area (Å²) in [6.45, 7) is 5.08. The number of nitro groups is 1. The van der Waals surface area contributed by atoms with Crippen LogP contribution in [0.4, 0.5) is 21.5 Å². The Morgan fingerprint density at radius 2 is 1.85 bits per heavy atom. The minimum absolute atomic E-state index is 0.0181. The average Bonchev–Trinajstić information content (AvgIpc) is 2.55. The van der Waals surface area contributed by atoms with Crippen LogP contribution in [0.15, 0.2) is 36.4 Å². The maximum absolute atomic E-state index is 14.3. The zero-order chi connectivity index (χ0) is 19.5. The number of esters is 1. The predicted molar refractivity (Wildman–Crippen MR) is 93.3 cm³/mol. The quantitative estimate of drug-likeness (QED) is 0.370. The molecular weight excluding hydrogens is 343 g/mol. The molecule has 0 unspecified atom stereocenters. The number of hydrogen-bond donors (Lipinski definition) is 1. The average molecular weight is 360 g/mol. The lowest BCUT2D eigenvalue weighted by Crippen LogP contribution is -2.24. The van der Waals surface area contributed by atoms with Crippen LogP contribution in [0.1, 0.15) is 41.5 Å². The molecule has 0 radical (unpaired) electrons. The number of carbonyl (C=O) groups excluding carboxylic acids is 2.